The Morgan fingerprint density at radius 3 is 2.64 bits per heavy atom. The number of ether oxygens (including phenoxy) is 2. The van der Waals surface area contributed by atoms with Crippen LogP contribution in [0.2, 0.25) is 0 Å². The van der Waals surface area contributed by atoms with Crippen molar-refractivity contribution >= 4 is 15.8 Å². The van der Waals surface area contributed by atoms with Gasteiger partial charge in [-0.05, 0) is 42.7 Å². The molecule has 1 aromatic heterocycles. The maximum Gasteiger partial charge on any atom is 0.244 e. The first-order chi connectivity index (χ1) is 12.1. The van der Waals surface area contributed by atoms with Gasteiger partial charge in [-0.25, -0.2) is 13.4 Å². The maximum atomic E-state index is 12.5. The van der Waals surface area contributed by atoms with Crippen molar-refractivity contribution in [1.82, 2.24) is 9.29 Å². The van der Waals surface area contributed by atoms with Gasteiger partial charge in [0.15, 0.2) is 11.5 Å². The fourth-order valence-corrected chi connectivity index (χ4v) is 4.42. The van der Waals surface area contributed by atoms with E-state index in [1.807, 2.05) is 18.2 Å². The molecule has 1 N–H and O–H groups in total. The molecular formula is C17H19N3O4S. The normalized spacial score (nSPS) is 17.0. The molecule has 1 saturated heterocycles. The van der Waals surface area contributed by atoms with Gasteiger partial charge in [-0.2, -0.15) is 4.31 Å². The summed E-state index contributed by atoms with van der Waals surface area (Å²) in [5, 5.41) is 3.18. The SMILES string of the molecule is O=S(=O)(c1ccc(NCc2ccc3c(c2)OCO3)nc1)N1CCCC1. The second-order valence-electron chi connectivity index (χ2n) is 6.03. The molecule has 0 amide bonds. The van der Waals surface area contributed by atoms with Crippen molar-refractivity contribution in [2.75, 3.05) is 25.2 Å². The van der Waals surface area contributed by atoms with Gasteiger partial charge in [-0.1, -0.05) is 6.07 Å². The van der Waals surface area contributed by atoms with Gasteiger partial charge in [0.1, 0.15) is 10.7 Å². The van der Waals surface area contributed by atoms with Crippen LogP contribution in [0.5, 0.6) is 11.5 Å². The van der Waals surface area contributed by atoms with Gasteiger partial charge in [0.25, 0.3) is 0 Å². The predicted molar refractivity (Wildman–Crippen MR) is 92.1 cm³/mol. The molecule has 0 saturated carbocycles. The van der Waals surface area contributed by atoms with E-state index in [9.17, 15) is 8.42 Å². The zero-order valence-corrected chi connectivity index (χ0v) is 14.5. The molecule has 0 atom stereocenters. The molecule has 0 spiro atoms. The molecule has 0 radical (unpaired) electrons. The Labute approximate surface area is 146 Å². The van der Waals surface area contributed by atoms with Crippen LogP contribution in [0.25, 0.3) is 0 Å². The number of rotatable bonds is 5. The Bertz CT molecular complexity index is 862. The van der Waals surface area contributed by atoms with Crippen LogP contribution < -0.4 is 14.8 Å². The number of fused-ring (bicyclic) bond motifs is 1. The zero-order chi connectivity index (χ0) is 17.3. The summed E-state index contributed by atoms with van der Waals surface area (Å²) >= 11 is 0. The van der Waals surface area contributed by atoms with Crippen LogP contribution in [0.4, 0.5) is 5.82 Å². The van der Waals surface area contributed by atoms with Crippen molar-refractivity contribution in [2.45, 2.75) is 24.3 Å². The number of nitrogens with one attached hydrogen (secondary N) is 1. The van der Waals surface area contributed by atoms with E-state index in [4.69, 9.17) is 9.47 Å². The maximum absolute atomic E-state index is 12.5. The smallest absolute Gasteiger partial charge is 0.244 e. The van der Waals surface area contributed by atoms with Crippen molar-refractivity contribution in [2.24, 2.45) is 0 Å². The lowest BCUT2D eigenvalue weighted by Gasteiger charge is -2.15. The second kappa shape index (κ2) is 6.53. The van der Waals surface area contributed by atoms with Crippen molar-refractivity contribution in [3.63, 3.8) is 0 Å². The largest absolute Gasteiger partial charge is 0.454 e. The van der Waals surface area contributed by atoms with E-state index in [1.54, 1.807) is 12.1 Å². The molecule has 8 heteroatoms. The summed E-state index contributed by atoms with van der Waals surface area (Å²) in [6, 6.07) is 9.03. The number of hydrogen-bond acceptors (Lipinski definition) is 6. The fourth-order valence-electron chi connectivity index (χ4n) is 2.96. The van der Waals surface area contributed by atoms with Crippen molar-refractivity contribution in [1.29, 1.82) is 0 Å². The minimum atomic E-state index is -3.42. The van der Waals surface area contributed by atoms with Crippen LogP contribution in [0, 0.1) is 0 Å². The number of anilines is 1. The van der Waals surface area contributed by atoms with E-state index in [-0.39, 0.29) is 11.7 Å². The lowest BCUT2D eigenvalue weighted by Crippen LogP contribution is -2.27. The van der Waals surface area contributed by atoms with E-state index in [0.29, 0.717) is 25.5 Å². The highest BCUT2D eigenvalue weighted by Gasteiger charge is 2.27. The number of aromatic nitrogens is 1. The van der Waals surface area contributed by atoms with Crippen LogP contribution in [0.15, 0.2) is 41.4 Å². The minimum absolute atomic E-state index is 0.239. The van der Waals surface area contributed by atoms with Gasteiger partial charge >= 0.3 is 0 Å². The third kappa shape index (κ3) is 3.27. The van der Waals surface area contributed by atoms with Crippen LogP contribution in [0.3, 0.4) is 0 Å². The Morgan fingerprint density at radius 2 is 1.88 bits per heavy atom. The molecule has 7 nitrogen and oxygen atoms in total. The number of pyridine rings is 1. The second-order valence-corrected chi connectivity index (χ2v) is 7.97. The average molecular weight is 361 g/mol. The quantitative estimate of drug-likeness (QED) is 0.879. The number of nitrogens with zero attached hydrogens (tertiary/aromatic N) is 2. The van der Waals surface area contributed by atoms with Crippen molar-refractivity contribution in [3.05, 3.63) is 42.1 Å². The summed E-state index contributed by atoms with van der Waals surface area (Å²) in [4.78, 5) is 4.47. The number of hydrogen-bond donors (Lipinski definition) is 1. The highest BCUT2D eigenvalue weighted by Crippen LogP contribution is 2.32. The molecule has 2 aliphatic heterocycles. The number of sulfonamides is 1. The van der Waals surface area contributed by atoms with Gasteiger partial charge in [0, 0.05) is 25.8 Å². The Kier molecular flexibility index (Phi) is 4.22. The van der Waals surface area contributed by atoms with Crippen molar-refractivity contribution in [3.8, 4) is 11.5 Å². The highest BCUT2D eigenvalue weighted by atomic mass is 32.2. The molecule has 1 fully saturated rings. The predicted octanol–water partition coefficient (Wildman–Crippen LogP) is 2.21. The van der Waals surface area contributed by atoms with E-state index in [1.165, 1.54) is 10.5 Å². The first-order valence-corrected chi connectivity index (χ1v) is 9.65. The molecule has 1 aromatic carbocycles. The van der Waals surface area contributed by atoms with Crippen LogP contribution in [-0.2, 0) is 16.6 Å². The summed E-state index contributed by atoms with van der Waals surface area (Å²) in [5.41, 5.74) is 1.03. The van der Waals surface area contributed by atoms with Crippen LogP contribution >= 0.6 is 0 Å². The standard InChI is InChI=1S/C17H19N3O4S/c21-25(22,20-7-1-2-8-20)14-4-6-17(19-11-14)18-10-13-3-5-15-16(9-13)24-12-23-15/h3-6,9,11H,1-2,7-8,10,12H2,(H,18,19). The summed E-state index contributed by atoms with van der Waals surface area (Å²) < 4.78 is 37.1. The first kappa shape index (κ1) is 16.2. The van der Waals surface area contributed by atoms with E-state index >= 15 is 0 Å². The molecule has 0 unspecified atom stereocenters. The molecule has 0 aliphatic carbocycles. The van der Waals surface area contributed by atoms with Crippen molar-refractivity contribution < 1.29 is 17.9 Å². The molecule has 0 bridgehead atoms. The van der Waals surface area contributed by atoms with E-state index in [0.717, 1.165) is 29.9 Å². The molecular weight excluding hydrogens is 342 g/mol. The number of benzene rings is 1. The fraction of sp³-hybridized carbons (Fsp3) is 0.353. The Morgan fingerprint density at radius 1 is 1.08 bits per heavy atom. The molecule has 25 heavy (non-hydrogen) atoms. The zero-order valence-electron chi connectivity index (χ0n) is 13.6. The summed E-state index contributed by atoms with van der Waals surface area (Å²) in [5.74, 6) is 2.11. The third-order valence-corrected chi connectivity index (χ3v) is 6.23. The summed E-state index contributed by atoms with van der Waals surface area (Å²) in [7, 11) is -3.42. The Hall–Kier alpha value is -2.32. The average Bonchev–Trinajstić information content (AvgIpc) is 3.31. The third-order valence-electron chi connectivity index (χ3n) is 4.35. The van der Waals surface area contributed by atoms with Gasteiger partial charge in [-0.3, -0.25) is 0 Å². The molecule has 3 heterocycles. The highest BCUT2D eigenvalue weighted by molar-refractivity contribution is 7.89. The summed E-state index contributed by atoms with van der Waals surface area (Å²) in [6.07, 6.45) is 3.25. The lowest BCUT2D eigenvalue weighted by molar-refractivity contribution is 0.174. The molecule has 2 aliphatic rings. The van der Waals surface area contributed by atoms with Gasteiger partial charge < -0.3 is 14.8 Å². The lowest BCUT2D eigenvalue weighted by atomic mass is 10.2. The van der Waals surface area contributed by atoms with E-state index in [2.05, 4.69) is 10.3 Å². The first-order valence-electron chi connectivity index (χ1n) is 8.21. The van der Waals surface area contributed by atoms with Crippen LogP contribution in [-0.4, -0.2) is 37.6 Å². The Balaban J connectivity index is 1.42. The van der Waals surface area contributed by atoms with Gasteiger partial charge in [-0.15, -0.1) is 0 Å². The molecule has 4 rings (SSSR count). The summed E-state index contributed by atoms with van der Waals surface area (Å²) in [6.45, 7) is 1.99. The molecule has 132 valence electrons. The molecule has 2 aromatic rings. The monoisotopic (exact) mass is 361 g/mol. The van der Waals surface area contributed by atoms with Gasteiger partial charge in [0.2, 0.25) is 16.8 Å². The minimum Gasteiger partial charge on any atom is -0.454 e. The van der Waals surface area contributed by atoms with E-state index < -0.39 is 10.0 Å². The van der Waals surface area contributed by atoms with Gasteiger partial charge in [0.05, 0.1) is 0 Å². The van der Waals surface area contributed by atoms with Crippen LogP contribution in [0.1, 0.15) is 18.4 Å². The topological polar surface area (TPSA) is 80.8 Å².